The van der Waals surface area contributed by atoms with Crippen LogP contribution in [0.25, 0.3) is 11.0 Å². The van der Waals surface area contributed by atoms with Crippen molar-refractivity contribution in [3.05, 3.63) is 65.0 Å². The predicted molar refractivity (Wildman–Crippen MR) is 104 cm³/mol. The van der Waals surface area contributed by atoms with Gasteiger partial charge in [-0.2, -0.15) is 0 Å². The van der Waals surface area contributed by atoms with Crippen molar-refractivity contribution in [1.82, 2.24) is 9.97 Å². The summed E-state index contributed by atoms with van der Waals surface area (Å²) in [6.45, 7) is 4.65. The molecule has 0 spiro atoms. The molecule has 2 aromatic carbocycles. The van der Waals surface area contributed by atoms with Crippen molar-refractivity contribution in [2.75, 3.05) is 11.9 Å². The van der Waals surface area contributed by atoms with Gasteiger partial charge in [0, 0.05) is 5.56 Å². The number of Topliss-reactive ketones (excluding diaryl/α,β-unsaturated/α-hetero) is 1. The maximum absolute atomic E-state index is 12.3. The molecule has 0 aliphatic heterocycles. The molecule has 28 heavy (non-hydrogen) atoms. The van der Waals surface area contributed by atoms with E-state index in [9.17, 15) is 14.4 Å². The molecule has 0 atom stereocenters. The van der Waals surface area contributed by atoms with E-state index in [0.29, 0.717) is 22.3 Å². The summed E-state index contributed by atoms with van der Waals surface area (Å²) in [6, 6.07) is 11.5. The highest BCUT2D eigenvalue weighted by atomic mass is 16.5. The van der Waals surface area contributed by atoms with E-state index in [-0.39, 0.29) is 11.3 Å². The number of amides is 1. The fraction of sp³-hybridized carbons (Fsp3) is 0.190. The highest BCUT2D eigenvalue weighted by molar-refractivity contribution is 6.04. The number of ketones is 1. The average molecular weight is 377 g/mol. The molecular weight excluding hydrogens is 358 g/mol. The minimum Gasteiger partial charge on any atom is -0.452 e. The molecule has 1 aromatic heterocycles. The molecule has 7 heteroatoms. The third-order valence-electron chi connectivity index (χ3n) is 4.23. The third-order valence-corrected chi connectivity index (χ3v) is 4.23. The van der Waals surface area contributed by atoms with Crippen molar-refractivity contribution in [2.24, 2.45) is 0 Å². The zero-order chi connectivity index (χ0) is 20.3. The van der Waals surface area contributed by atoms with Crippen molar-refractivity contribution in [3.63, 3.8) is 0 Å². The third kappa shape index (κ3) is 4.20. The summed E-state index contributed by atoms with van der Waals surface area (Å²) in [5.74, 6) is -1.35. The molecule has 0 aliphatic carbocycles. The molecule has 0 aliphatic rings. The number of benzene rings is 2. The molecule has 7 nitrogen and oxygen atoms in total. The summed E-state index contributed by atoms with van der Waals surface area (Å²) in [7, 11) is 0. The van der Waals surface area contributed by atoms with Crippen LogP contribution < -0.4 is 5.32 Å². The number of anilines is 1. The largest absolute Gasteiger partial charge is 0.452 e. The van der Waals surface area contributed by atoms with Crippen LogP contribution in [0.1, 0.15) is 39.0 Å². The quantitative estimate of drug-likeness (QED) is 0.541. The Morgan fingerprint density at radius 2 is 1.64 bits per heavy atom. The highest BCUT2D eigenvalue weighted by Crippen LogP contribution is 2.17. The van der Waals surface area contributed by atoms with E-state index in [2.05, 4.69) is 15.3 Å². The lowest BCUT2D eigenvalue weighted by Crippen LogP contribution is -2.22. The first-order chi connectivity index (χ1) is 13.3. The number of rotatable bonds is 5. The first kappa shape index (κ1) is 19.2. The van der Waals surface area contributed by atoms with Crippen LogP contribution >= 0.6 is 0 Å². The summed E-state index contributed by atoms with van der Waals surface area (Å²) in [6.07, 6.45) is 0. The minimum atomic E-state index is -0.642. The monoisotopic (exact) mass is 377 g/mol. The molecule has 0 bridgehead atoms. The molecule has 0 saturated carbocycles. The van der Waals surface area contributed by atoms with Gasteiger partial charge in [0.2, 0.25) is 0 Å². The normalized spacial score (nSPS) is 10.5. The van der Waals surface area contributed by atoms with E-state index in [1.165, 1.54) is 6.92 Å². The molecular formula is C21H19N3O4. The van der Waals surface area contributed by atoms with Gasteiger partial charge in [-0.25, -0.2) is 14.8 Å². The van der Waals surface area contributed by atoms with Crippen LogP contribution in [0.2, 0.25) is 0 Å². The number of aromatic nitrogens is 2. The van der Waals surface area contributed by atoms with Crippen LogP contribution in [0, 0.1) is 13.8 Å². The number of carbonyl (C=O) groups excluding carboxylic acids is 3. The first-order valence-corrected chi connectivity index (χ1v) is 8.67. The van der Waals surface area contributed by atoms with Gasteiger partial charge in [-0.05, 0) is 51.1 Å². The first-order valence-electron chi connectivity index (χ1n) is 8.67. The van der Waals surface area contributed by atoms with Crippen LogP contribution in [0.4, 0.5) is 5.69 Å². The van der Waals surface area contributed by atoms with Crippen molar-refractivity contribution < 1.29 is 19.1 Å². The van der Waals surface area contributed by atoms with Gasteiger partial charge in [0.1, 0.15) is 0 Å². The Balaban J connectivity index is 1.67. The fourth-order valence-corrected chi connectivity index (χ4v) is 2.66. The Bertz CT molecular complexity index is 1090. The molecule has 0 fully saturated rings. The van der Waals surface area contributed by atoms with Crippen LogP contribution in [0.15, 0.2) is 42.5 Å². The maximum atomic E-state index is 12.3. The zero-order valence-corrected chi connectivity index (χ0v) is 15.8. The molecule has 3 aromatic rings. The predicted octanol–water partition coefficient (Wildman–Crippen LogP) is 3.24. The Morgan fingerprint density at radius 1 is 0.964 bits per heavy atom. The van der Waals surface area contributed by atoms with Crippen LogP contribution in [-0.2, 0) is 9.53 Å². The molecule has 0 saturated heterocycles. The van der Waals surface area contributed by atoms with Crippen molar-refractivity contribution in [3.8, 4) is 0 Å². The summed E-state index contributed by atoms with van der Waals surface area (Å²) < 4.78 is 5.08. The Labute approximate surface area is 161 Å². The van der Waals surface area contributed by atoms with E-state index in [1.807, 2.05) is 13.8 Å². The standard InChI is InChI=1S/C21H19N3O4/c1-12-13(2)23-19-10-15(8-9-18(19)22-12)21(27)28-11-20(26)24-17-7-5-4-6-16(17)14(3)25/h4-10H,11H2,1-3H3,(H,24,26). The number of nitrogens with one attached hydrogen (secondary N) is 1. The van der Waals surface area contributed by atoms with Crippen molar-refractivity contribution in [1.29, 1.82) is 0 Å². The van der Waals surface area contributed by atoms with Gasteiger partial charge in [-0.15, -0.1) is 0 Å². The number of esters is 1. The number of ether oxygens (including phenoxy) is 1. The van der Waals surface area contributed by atoms with Gasteiger partial charge in [-0.3, -0.25) is 9.59 Å². The van der Waals surface area contributed by atoms with E-state index in [1.54, 1.807) is 42.5 Å². The summed E-state index contributed by atoms with van der Waals surface area (Å²) >= 11 is 0. The molecule has 1 heterocycles. The van der Waals surface area contributed by atoms with Gasteiger partial charge in [0.25, 0.3) is 5.91 Å². The minimum absolute atomic E-state index is 0.171. The van der Waals surface area contributed by atoms with E-state index in [0.717, 1.165) is 11.4 Å². The van der Waals surface area contributed by atoms with Crippen LogP contribution in [-0.4, -0.2) is 34.2 Å². The number of carbonyl (C=O) groups is 3. The van der Waals surface area contributed by atoms with E-state index < -0.39 is 18.5 Å². The summed E-state index contributed by atoms with van der Waals surface area (Å²) in [5.41, 5.74) is 3.91. The van der Waals surface area contributed by atoms with Gasteiger partial charge in [0.05, 0.1) is 33.7 Å². The lowest BCUT2D eigenvalue weighted by molar-refractivity contribution is -0.119. The molecule has 3 rings (SSSR count). The SMILES string of the molecule is CC(=O)c1ccccc1NC(=O)COC(=O)c1ccc2nc(C)c(C)nc2c1. The number of hydrogen-bond acceptors (Lipinski definition) is 6. The van der Waals surface area contributed by atoms with Crippen molar-refractivity contribution >= 4 is 34.4 Å². The van der Waals surface area contributed by atoms with Gasteiger partial charge >= 0.3 is 5.97 Å². The molecule has 142 valence electrons. The Kier molecular flexibility index (Phi) is 5.44. The average Bonchev–Trinajstić information content (AvgIpc) is 2.67. The van der Waals surface area contributed by atoms with E-state index >= 15 is 0 Å². The second-order valence-corrected chi connectivity index (χ2v) is 6.32. The number of nitrogens with zero attached hydrogens (tertiary/aromatic N) is 2. The van der Waals surface area contributed by atoms with E-state index in [4.69, 9.17) is 4.74 Å². The topological polar surface area (TPSA) is 98.2 Å². The van der Waals surface area contributed by atoms with Crippen LogP contribution in [0.3, 0.4) is 0 Å². The molecule has 0 unspecified atom stereocenters. The van der Waals surface area contributed by atoms with Gasteiger partial charge < -0.3 is 10.1 Å². The second-order valence-electron chi connectivity index (χ2n) is 6.32. The molecule has 1 N–H and O–H groups in total. The lowest BCUT2D eigenvalue weighted by atomic mass is 10.1. The Morgan fingerprint density at radius 3 is 2.36 bits per heavy atom. The second kappa shape index (κ2) is 7.96. The number of hydrogen-bond donors (Lipinski definition) is 1. The zero-order valence-electron chi connectivity index (χ0n) is 15.8. The Hall–Kier alpha value is -3.61. The van der Waals surface area contributed by atoms with Gasteiger partial charge in [-0.1, -0.05) is 12.1 Å². The number of fused-ring (bicyclic) bond motifs is 1. The fourth-order valence-electron chi connectivity index (χ4n) is 2.66. The summed E-state index contributed by atoms with van der Waals surface area (Å²) in [4.78, 5) is 44.8. The number of aryl methyl sites for hydroxylation is 2. The van der Waals surface area contributed by atoms with Gasteiger partial charge in [0.15, 0.2) is 12.4 Å². The smallest absolute Gasteiger partial charge is 0.338 e. The summed E-state index contributed by atoms with van der Waals surface area (Å²) in [5, 5.41) is 2.58. The number of para-hydroxylation sites is 1. The van der Waals surface area contributed by atoms with Crippen molar-refractivity contribution in [2.45, 2.75) is 20.8 Å². The van der Waals surface area contributed by atoms with Crippen LogP contribution in [0.5, 0.6) is 0 Å². The molecule has 0 radical (unpaired) electrons. The lowest BCUT2D eigenvalue weighted by Gasteiger charge is -2.10. The molecule has 1 amide bonds. The highest BCUT2D eigenvalue weighted by Gasteiger charge is 2.14. The maximum Gasteiger partial charge on any atom is 0.338 e.